The third kappa shape index (κ3) is 3.87. The number of aromatic nitrogens is 2. The van der Waals surface area contributed by atoms with E-state index in [4.69, 9.17) is 10.00 Å². The van der Waals surface area contributed by atoms with Gasteiger partial charge >= 0.3 is 0 Å². The van der Waals surface area contributed by atoms with Crippen molar-refractivity contribution < 1.29 is 9.53 Å². The van der Waals surface area contributed by atoms with Crippen LogP contribution < -0.4 is 0 Å². The number of morpholine rings is 1. The van der Waals surface area contributed by atoms with Crippen LogP contribution in [0.25, 0.3) is 0 Å². The summed E-state index contributed by atoms with van der Waals surface area (Å²) in [6.07, 6.45) is 6.49. The summed E-state index contributed by atoms with van der Waals surface area (Å²) in [6.45, 7) is 6.02. The molecule has 0 bridgehead atoms. The summed E-state index contributed by atoms with van der Waals surface area (Å²) in [7, 11) is 0. The molecule has 6 nitrogen and oxygen atoms in total. The Morgan fingerprint density at radius 2 is 2.16 bits per heavy atom. The molecule has 2 heterocycles. The van der Waals surface area contributed by atoms with Gasteiger partial charge in [-0.25, -0.2) is 0 Å². The van der Waals surface area contributed by atoms with E-state index in [0.29, 0.717) is 26.0 Å². The molecule has 1 aliphatic heterocycles. The normalized spacial score (nSPS) is 23.2. The second-order valence-electron chi connectivity index (χ2n) is 7.13. The Labute approximate surface area is 149 Å². The molecule has 25 heavy (non-hydrogen) atoms. The Bertz CT molecular complexity index is 659. The molecule has 0 radical (unpaired) electrons. The van der Waals surface area contributed by atoms with Crippen LogP contribution in [-0.4, -0.2) is 45.9 Å². The molecule has 3 rings (SSSR count). The van der Waals surface area contributed by atoms with E-state index in [1.165, 1.54) is 12.8 Å². The molecule has 1 aromatic heterocycles. The molecular weight excluding hydrogens is 316 g/mol. The van der Waals surface area contributed by atoms with Crippen LogP contribution in [0.4, 0.5) is 0 Å². The van der Waals surface area contributed by atoms with Crippen molar-refractivity contribution in [3.05, 3.63) is 17.0 Å². The minimum atomic E-state index is 0.239. The van der Waals surface area contributed by atoms with Gasteiger partial charge in [0.2, 0.25) is 5.91 Å². The summed E-state index contributed by atoms with van der Waals surface area (Å²) >= 11 is 0. The first kappa shape index (κ1) is 17.9. The third-order valence-corrected chi connectivity index (χ3v) is 5.61. The molecule has 2 aliphatic rings. The smallest absolute Gasteiger partial charge is 0.223 e. The second kappa shape index (κ2) is 8.01. The summed E-state index contributed by atoms with van der Waals surface area (Å²) in [5.41, 5.74) is 3.21. The first-order valence-electron chi connectivity index (χ1n) is 9.42. The Morgan fingerprint density at radius 3 is 2.96 bits per heavy atom. The maximum Gasteiger partial charge on any atom is 0.223 e. The second-order valence-corrected chi connectivity index (χ2v) is 7.13. The van der Waals surface area contributed by atoms with Crippen LogP contribution in [0.5, 0.6) is 0 Å². The Hall–Kier alpha value is -1.87. The Kier molecular flexibility index (Phi) is 5.74. The lowest BCUT2D eigenvalue weighted by Crippen LogP contribution is -2.54. The first-order valence-corrected chi connectivity index (χ1v) is 9.42. The molecule has 0 aromatic carbocycles. The number of carbonyl (C=O) groups excluding carboxylic acids is 1. The van der Waals surface area contributed by atoms with Crippen LogP contribution in [0, 0.1) is 25.2 Å². The van der Waals surface area contributed by atoms with Crippen LogP contribution in [-0.2, 0) is 22.5 Å². The zero-order valence-corrected chi connectivity index (χ0v) is 15.3. The van der Waals surface area contributed by atoms with Crippen molar-refractivity contribution in [3.8, 4) is 6.07 Å². The van der Waals surface area contributed by atoms with Gasteiger partial charge in [0.15, 0.2) is 0 Å². The SMILES string of the molecule is Cc1nn(CCC#N)c(C)c1CCC(=O)N1CCOC2CCCCC21. The quantitative estimate of drug-likeness (QED) is 0.823. The van der Waals surface area contributed by atoms with Gasteiger partial charge < -0.3 is 9.64 Å². The van der Waals surface area contributed by atoms with Gasteiger partial charge in [-0.3, -0.25) is 9.48 Å². The number of ether oxygens (including phenoxy) is 1. The largest absolute Gasteiger partial charge is 0.374 e. The van der Waals surface area contributed by atoms with E-state index in [0.717, 1.165) is 42.8 Å². The van der Waals surface area contributed by atoms with Gasteiger partial charge in [-0.1, -0.05) is 12.8 Å². The van der Waals surface area contributed by atoms with E-state index in [9.17, 15) is 4.79 Å². The van der Waals surface area contributed by atoms with Crippen molar-refractivity contribution in [2.45, 2.75) is 77.5 Å². The molecule has 0 spiro atoms. The number of rotatable bonds is 5. The fraction of sp³-hybridized carbons (Fsp3) is 0.737. The lowest BCUT2D eigenvalue weighted by Gasteiger charge is -2.43. The zero-order valence-electron chi connectivity index (χ0n) is 15.3. The van der Waals surface area contributed by atoms with Crippen molar-refractivity contribution in [3.63, 3.8) is 0 Å². The molecule has 1 saturated heterocycles. The number of hydrogen-bond acceptors (Lipinski definition) is 4. The van der Waals surface area contributed by atoms with E-state index < -0.39 is 0 Å². The number of fused-ring (bicyclic) bond motifs is 1. The van der Waals surface area contributed by atoms with Crippen LogP contribution in [0.3, 0.4) is 0 Å². The lowest BCUT2D eigenvalue weighted by molar-refractivity contribution is -0.149. The first-order chi connectivity index (χ1) is 12.1. The van der Waals surface area contributed by atoms with Crippen LogP contribution in [0.15, 0.2) is 0 Å². The molecular formula is C19H28N4O2. The fourth-order valence-electron chi connectivity index (χ4n) is 4.25. The predicted molar refractivity (Wildman–Crippen MR) is 94.0 cm³/mol. The topological polar surface area (TPSA) is 71.2 Å². The highest BCUT2D eigenvalue weighted by Crippen LogP contribution is 2.29. The van der Waals surface area contributed by atoms with Gasteiger partial charge in [0.05, 0.1) is 43.5 Å². The molecule has 1 saturated carbocycles. The summed E-state index contributed by atoms with van der Waals surface area (Å²) in [5.74, 6) is 0.240. The monoisotopic (exact) mass is 344 g/mol. The van der Waals surface area contributed by atoms with Gasteiger partial charge in [-0.2, -0.15) is 10.4 Å². The highest BCUT2D eigenvalue weighted by atomic mass is 16.5. The molecule has 1 amide bonds. The molecule has 2 unspecified atom stereocenters. The third-order valence-electron chi connectivity index (χ3n) is 5.61. The van der Waals surface area contributed by atoms with Crippen molar-refractivity contribution in [1.82, 2.24) is 14.7 Å². The van der Waals surface area contributed by atoms with Gasteiger partial charge in [0.25, 0.3) is 0 Å². The van der Waals surface area contributed by atoms with E-state index in [2.05, 4.69) is 16.1 Å². The molecule has 2 atom stereocenters. The predicted octanol–water partition coefficient (Wildman–Crippen LogP) is 2.52. The van der Waals surface area contributed by atoms with Crippen molar-refractivity contribution >= 4 is 5.91 Å². The van der Waals surface area contributed by atoms with Crippen LogP contribution in [0.2, 0.25) is 0 Å². The van der Waals surface area contributed by atoms with E-state index in [1.807, 2.05) is 18.5 Å². The van der Waals surface area contributed by atoms with E-state index in [-0.39, 0.29) is 18.1 Å². The van der Waals surface area contributed by atoms with Gasteiger partial charge in [-0.05, 0) is 38.7 Å². The minimum absolute atomic E-state index is 0.239. The summed E-state index contributed by atoms with van der Waals surface area (Å²) < 4.78 is 7.76. The lowest BCUT2D eigenvalue weighted by atomic mass is 9.90. The highest BCUT2D eigenvalue weighted by Gasteiger charge is 2.36. The van der Waals surface area contributed by atoms with Gasteiger partial charge in [0.1, 0.15) is 0 Å². The standard InChI is InChI=1S/C19H28N4O2/c1-14-16(15(2)23(21-14)11-5-10-20)8-9-19(24)22-12-13-25-18-7-4-3-6-17(18)22/h17-18H,3-9,11-13H2,1-2H3. The molecule has 6 heteroatoms. The Balaban J connectivity index is 1.62. The molecule has 1 aliphatic carbocycles. The number of nitrogens with zero attached hydrogens (tertiary/aromatic N) is 4. The average Bonchev–Trinajstić information content (AvgIpc) is 2.90. The van der Waals surface area contributed by atoms with Gasteiger partial charge in [0, 0.05) is 18.7 Å². The summed E-state index contributed by atoms with van der Waals surface area (Å²) in [4.78, 5) is 14.9. The fourth-order valence-corrected chi connectivity index (χ4v) is 4.25. The highest BCUT2D eigenvalue weighted by molar-refractivity contribution is 5.77. The number of amides is 1. The number of aryl methyl sites for hydroxylation is 2. The van der Waals surface area contributed by atoms with Crippen molar-refractivity contribution in [2.75, 3.05) is 13.2 Å². The van der Waals surface area contributed by atoms with Crippen molar-refractivity contribution in [2.24, 2.45) is 0 Å². The molecule has 1 aromatic rings. The van der Waals surface area contributed by atoms with E-state index in [1.54, 1.807) is 0 Å². The van der Waals surface area contributed by atoms with Crippen LogP contribution in [0.1, 0.15) is 55.5 Å². The Morgan fingerprint density at radius 1 is 1.36 bits per heavy atom. The van der Waals surface area contributed by atoms with Crippen molar-refractivity contribution in [1.29, 1.82) is 5.26 Å². The van der Waals surface area contributed by atoms with Gasteiger partial charge in [-0.15, -0.1) is 0 Å². The summed E-state index contributed by atoms with van der Waals surface area (Å²) in [5, 5.41) is 13.3. The molecule has 136 valence electrons. The average molecular weight is 344 g/mol. The van der Waals surface area contributed by atoms with Crippen LogP contribution >= 0.6 is 0 Å². The number of hydrogen-bond donors (Lipinski definition) is 0. The number of carbonyl (C=O) groups is 1. The van der Waals surface area contributed by atoms with E-state index >= 15 is 0 Å². The zero-order chi connectivity index (χ0) is 17.8. The number of nitriles is 1. The summed E-state index contributed by atoms with van der Waals surface area (Å²) in [6, 6.07) is 2.43. The maximum atomic E-state index is 12.8. The minimum Gasteiger partial charge on any atom is -0.374 e. The molecule has 2 fully saturated rings. The molecule has 0 N–H and O–H groups in total. The maximum absolute atomic E-state index is 12.8.